The van der Waals surface area contributed by atoms with E-state index in [1.54, 1.807) is 6.07 Å². The third-order valence-corrected chi connectivity index (χ3v) is 1.71. The predicted molar refractivity (Wildman–Crippen MR) is 45.8 cm³/mol. The zero-order valence-electron chi connectivity index (χ0n) is 7.06. The molecule has 0 unspecified atom stereocenters. The van der Waals surface area contributed by atoms with E-state index in [0.29, 0.717) is 0 Å². The van der Waals surface area contributed by atoms with Crippen molar-refractivity contribution in [2.75, 3.05) is 0 Å². The van der Waals surface area contributed by atoms with Gasteiger partial charge in [-0.05, 0) is 12.1 Å². The molecule has 0 atom stereocenters. The smallest absolute Gasteiger partial charge is 0.308 e. The molecule has 0 saturated carbocycles. The second-order valence-corrected chi connectivity index (χ2v) is 2.64. The van der Waals surface area contributed by atoms with Crippen molar-refractivity contribution in [1.29, 1.82) is 5.26 Å². The maximum atomic E-state index is 10.4. The highest BCUT2D eigenvalue weighted by atomic mass is 16.4. The van der Waals surface area contributed by atoms with Gasteiger partial charge in [0, 0.05) is 5.56 Å². The molecule has 1 rings (SSSR count). The van der Waals surface area contributed by atoms with Crippen molar-refractivity contribution < 1.29 is 20.1 Å². The second kappa shape index (κ2) is 3.66. The number of nitrogens with zero attached hydrogens (tertiary/aromatic N) is 1. The van der Waals surface area contributed by atoms with Crippen molar-refractivity contribution in [3.8, 4) is 17.6 Å². The number of aliphatic carboxylic acids is 1. The molecule has 72 valence electrons. The van der Waals surface area contributed by atoms with Gasteiger partial charge in [0.05, 0.1) is 6.42 Å². The molecule has 0 saturated heterocycles. The highest BCUT2D eigenvalue weighted by molar-refractivity contribution is 5.73. The SMILES string of the molecule is N#Cc1c(O)ccc(O)c1CC(=O)O. The molecule has 0 radical (unpaired) electrons. The lowest BCUT2D eigenvalue weighted by Gasteiger charge is -2.05. The maximum Gasteiger partial charge on any atom is 0.308 e. The lowest BCUT2D eigenvalue weighted by atomic mass is 10.0. The Labute approximate surface area is 79.5 Å². The van der Waals surface area contributed by atoms with Crippen LogP contribution in [0.2, 0.25) is 0 Å². The molecule has 0 spiro atoms. The van der Waals surface area contributed by atoms with E-state index >= 15 is 0 Å². The second-order valence-electron chi connectivity index (χ2n) is 2.64. The van der Waals surface area contributed by atoms with Crippen LogP contribution in [0.4, 0.5) is 0 Å². The molecule has 5 nitrogen and oxygen atoms in total. The van der Waals surface area contributed by atoms with Crippen LogP contribution in [0, 0.1) is 11.3 Å². The first kappa shape index (κ1) is 9.86. The van der Waals surface area contributed by atoms with Crippen molar-refractivity contribution in [1.82, 2.24) is 0 Å². The van der Waals surface area contributed by atoms with Crippen molar-refractivity contribution in [2.45, 2.75) is 6.42 Å². The van der Waals surface area contributed by atoms with Gasteiger partial charge in [0.25, 0.3) is 0 Å². The van der Waals surface area contributed by atoms with E-state index in [0.717, 1.165) is 12.1 Å². The van der Waals surface area contributed by atoms with Gasteiger partial charge in [0.2, 0.25) is 0 Å². The van der Waals surface area contributed by atoms with Crippen LogP contribution in [0.1, 0.15) is 11.1 Å². The molecular weight excluding hydrogens is 186 g/mol. The molecule has 0 bridgehead atoms. The topological polar surface area (TPSA) is 102 Å². The van der Waals surface area contributed by atoms with E-state index in [1.165, 1.54) is 0 Å². The Morgan fingerprint density at radius 1 is 1.36 bits per heavy atom. The van der Waals surface area contributed by atoms with E-state index in [-0.39, 0.29) is 22.6 Å². The van der Waals surface area contributed by atoms with Crippen LogP contribution < -0.4 is 0 Å². The van der Waals surface area contributed by atoms with E-state index in [1.807, 2.05) is 0 Å². The number of phenols is 2. The largest absolute Gasteiger partial charge is 0.508 e. The minimum atomic E-state index is -1.18. The molecule has 0 aromatic heterocycles. The summed E-state index contributed by atoms with van der Waals surface area (Å²) in [7, 11) is 0. The Morgan fingerprint density at radius 2 is 1.93 bits per heavy atom. The first-order valence-electron chi connectivity index (χ1n) is 3.72. The summed E-state index contributed by atoms with van der Waals surface area (Å²) in [6.45, 7) is 0. The van der Waals surface area contributed by atoms with Gasteiger partial charge in [-0.2, -0.15) is 5.26 Å². The zero-order valence-corrected chi connectivity index (χ0v) is 7.06. The lowest BCUT2D eigenvalue weighted by molar-refractivity contribution is -0.136. The highest BCUT2D eigenvalue weighted by Gasteiger charge is 2.14. The minimum absolute atomic E-state index is 0.0694. The van der Waals surface area contributed by atoms with Crippen LogP contribution in [0.15, 0.2) is 12.1 Å². The Kier molecular flexibility index (Phi) is 2.58. The molecule has 0 amide bonds. The summed E-state index contributed by atoms with van der Waals surface area (Å²) in [5.41, 5.74) is -0.271. The van der Waals surface area contributed by atoms with Crippen molar-refractivity contribution in [3.63, 3.8) is 0 Å². The van der Waals surface area contributed by atoms with Gasteiger partial charge in [0.15, 0.2) is 0 Å². The first-order chi connectivity index (χ1) is 6.56. The molecule has 0 fully saturated rings. The Hall–Kier alpha value is -2.22. The average molecular weight is 193 g/mol. The summed E-state index contributed by atoms with van der Waals surface area (Å²) in [6, 6.07) is 3.92. The summed E-state index contributed by atoms with van der Waals surface area (Å²) in [4.78, 5) is 10.4. The average Bonchev–Trinajstić information content (AvgIpc) is 2.11. The van der Waals surface area contributed by atoms with E-state index < -0.39 is 12.4 Å². The maximum absolute atomic E-state index is 10.4. The Balaban J connectivity index is 3.31. The van der Waals surface area contributed by atoms with Crippen molar-refractivity contribution >= 4 is 5.97 Å². The fourth-order valence-corrected chi connectivity index (χ4v) is 1.08. The van der Waals surface area contributed by atoms with Crippen LogP contribution in [0.5, 0.6) is 11.5 Å². The monoisotopic (exact) mass is 193 g/mol. The van der Waals surface area contributed by atoms with Crippen LogP contribution in [-0.4, -0.2) is 21.3 Å². The minimum Gasteiger partial charge on any atom is -0.508 e. The van der Waals surface area contributed by atoms with Crippen LogP contribution in [-0.2, 0) is 11.2 Å². The number of carboxylic acid groups (broad SMARTS) is 1. The zero-order chi connectivity index (χ0) is 10.7. The first-order valence-corrected chi connectivity index (χ1v) is 3.72. The van der Waals surface area contributed by atoms with Gasteiger partial charge in [-0.1, -0.05) is 0 Å². The third kappa shape index (κ3) is 1.75. The normalized spacial score (nSPS) is 9.36. The number of carboxylic acids is 1. The standard InChI is InChI=1S/C9H7NO4/c10-4-6-5(3-9(13)14)7(11)1-2-8(6)12/h1-2,11-12H,3H2,(H,13,14). The molecule has 0 aliphatic heterocycles. The molecule has 1 aromatic rings. The van der Waals surface area contributed by atoms with Crippen LogP contribution in [0.25, 0.3) is 0 Å². The summed E-state index contributed by atoms with van der Waals surface area (Å²) < 4.78 is 0. The summed E-state index contributed by atoms with van der Waals surface area (Å²) in [6.07, 6.45) is -0.497. The van der Waals surface area contributed by atoms with Crippen LogP contribution in [0.3, 0.4) is 0 Å². The quantitative estimate of drug-likeness (QED) is 0.597. The van der Waals surface area contributed by atoms with Gasteiger partial charge < -0.3 is 15.3 Å². The summed E-state index contributed by atoms with van der Waals surface area (Å²) in [5.74, 6) is -1.81. The number of rotatable bonds is 2. The molecule has 0 aliphatic carbocycles. The molecule has 0 heterocycles. The molecule has 3 N–H and O–H groups in total. The Morgan fingerprint density at radius 3 is 2.43 bits per heavy atom. The Bertz CT molecular complexity index is 420. The fraction of sp³-hybridized carbons (Fsp3) is 0.111. The molecular formula is C9H7NO4. The number of aromatic hydroxyl groups is 2. The molecule has 5 heteroatoms. The van der Waals surface area contributed by atoms with E-state index in [2.05, 4.69) is 0 Å². The van der Waals surface area contributed by atoms with Gasteiger partial charge in [-0.15, -0.1) is 0 Å². The van der Waals surface area contributed by atoms with Crippen molar-refractivity contribution in [3.05, 3.63) is 23.3 Å². The molecule has 0 aliphatic rings. The molecule has 14 heavy (non-hydrogen) atoms. The van der Waals surface area contributed by atoms with Gasteiger partial charge in [-0.3, -0.25) is 4.79 Å². The van der Waals surface area contributed by atoms with Gasteiger partial charge in [-0.25, -0.2) is 0 Å². The number of hydrogen-bond donors (Lipinski definition) is 3. The van der Waals surface area contributed by atoms with Gasteiger partial charge >= 0.3 is 5.97 Å². The van der Waals surface area contributed by atoms with Crippen molar-refractivity contribution in [2.24, 2.45) is 0 Å². The predicted octanol–water partition coefficient (Wildman–Crippen LogP) is 0.597. The number of benzene rings is 1. The lowest BCUT2D eigenvalue weighted by Crippen LogP contribution is -2.02. The van der Waals surface area contributed by atoms with Gasteiger partial charge in [0.1, 0.15) is 23.1 Å². The summed E-state index contributed by atoms with van der Waals surface area (Å²) >= 11 is 0. The number of nitriles is 1. The third-order valence-electron chi connectivity index (χ3n) is 1.71. The van der Waals surface area contributed by atoms with E-state index in [4.69, 9.17) is 10.4 Å². The number of hydrogen-bond acceptors (Lipinski definition) is 4. The highest BCUT2D eigenvalue weighted by Crippen LogP contribution is 2.28. The molecule has 1 aromatic carbocycles. The fourth-order valence-electron chi connectivity index (χ4n) is 1.08. The summed E-state index contributed by atoms with van der Waals surface area (Å²) in [5, 5.41) is 35.6. The van der Waals surface area contributed by atoms with Crippen LogP contribution >= 0.6 is 0 Å². The van der Waals surface area contributed by atoms with E-state index in [9.17, 15) is 15.0 Å². The number of phenolic OH excluding ortho intramolecular Hbond substituents is 2. The number of carbonyl (C=O) groups is 1.